The zero-order chi connectivity index (χ0) is 17.1. The predicted octanol–water partition coefficient (Wildman–Crippen LogP) is 3.32. The fourth-order valence-corrected chi connectivity index (χ4v) is 2.58. The van der Waals surface area contributed by atoms with E-state index in [2.05, 4.69) is 0 Å². The topological polar surface area (TPSA) is 72.8 Å². The van der Waals surface area contributed by atoms with Crippen molar-refractivity contribution in [3.63, 3.8) is 0 Å². The monoisotopic (exact) mass is 322 g/mol. The summed E-state index contributed by atoms with van der Waals surface area (Å²) in [5.74, 6) is -0.146. The van der Waals surface area contributed by atoms with Crippen molar-refractivity contribution in [2.45, 2.75) is 45.1 Å². The summed E-state index contributed by atoms with van der Waals surface area (Å²) in [6, 6.07) is 9.51. The van der Waals surface area contributed by atoms with Crippen LogP contribution in [0.3, 0.4) is 0 Å². The first-order chi connectivity index (χ1) is 11.0. The molecule has 0 spiro atoms. The molecule has 0 amide bonds. The van der Waals surface area contributed by atoms with E-state index in [1.807, 2.05) is 30.3 Å². The van der Waals surface area contributed by atoms with Gasteiger partial charge in [-0.25, -0.2) is 0 Å². The number of hydrogen-bond acceptors (Lipinski definition) is 4. The van der Waals surface area contributed by atoms with E-state index in [1.54, 1.807) is 14.0 Å². The van der Waals surface area contributed by atoms with E-state index in [0.717, 1.165) is 5.75 Å². The SMILES string of the molecule is COC(CCOc1ccccc1)C(CCCCC(=O)O)C(C)=O. The Balaban J connectivity index is 2.43. The molecular weight excluding hydrogens is 296 g/mol. The van der Waals surface area contributed by atoms with Crippen LogP contribution < -0.4 is 4.74 Å². The highest BCUT2D eigenvalue weighted by Crippen LogP contribution is 2.21. The first-order valence-electron chi connectivity index (χ1n) is 7.97. The normalized spacial score (nSPS) is 13.3. The van der Waals surface area contributed by atoms with Gasteiger partial charge >= 0.3 is 5.97 Å². The van der Waals surface area contributed by atoms with Crippen LogP contribution in [0, 0.1) is 5.92 Å². The first kappa shape index (κ1) is 19.2. The lowest BCUT2D eigenvalue weighted by atomic mass is 9.90. The number of ether oxygens (including phenoxy) is 2. The van der Waals surface area contributed by atoms with Crippen LogP contribution in [0.1, 0.15) is 39.0 Å². The van der Waals surface area contributed by atoms with Gasteiger partial charge in [0, 0.05) is 25.9 Å². The van der Waals surface area contributed by atoms with Crippen molar-refractivity contribution < 1.29 is 24.2 Å². The molecule has 0 aliphatic rings. The molecule has 0 heterocycles. The molecule has 1 aromatic rings. The zero-order valence-electron chi connectivity index (χ0n) is 13.9. The number of hydrogen-bond donors (Lipinski definition) is 1. The molecule has 0 aliphatic carbocycles. The van der Waals surface area contributed by atoms with Crippen LogP contribution in [0.4, 0.5) is 0 Å². The number of para-hydroxylation sites is 1. The van der Waals surface area contributed by atoms with Gasteiger partial charge in [0.25, 0.3) is 0 Å². The lowest BCUT2D eigenvalue weighted by Crippen LogP contribution is -2.30. The van der Waals surface area contributed by atoms with Gasteiger partial charge < -0.3 is 14.6 Å². The number of carboxylic acids is 1. The Morgan fingerprint density at radius 1 is 1.13 bits per heavy atom. The molecule has 5 nitrogen and oxygen atoms in total. The van der Waals surface area contributed by atoms with Gasteiger partial charge in [0.05, 0.1) is 12.7 Å². The molecular formula is C18H26O5. The molecule has 23 heavy (non-hydrogen) atoms. The number of carboxylic acid groups (broad SMARTS) is 1. The number of methoxy groups -OCH3 is 1. The largest absolute Gasteiger partial charge is 0.493 e. The summed E-state index contributed by atoms with van der Waals surface area (Å²) in [6.07, 6.45) is 2.48. The third-order valence-corrected chi connectivity index (χ3v) is 3.84. The van der Waals surface area contributed by atoms with Gasteiger partial charge in [-0.15, -0.1) is 0 Å². The molecule has 0 saturated carbocycles. The minimum Gasteiger partial charge on any atom is -0.493 e. The van der Waals surface area contributed by atoms with Crippen LogP contribution in [0.2, 0.25) is 0 Å². The standard InChI is InChI=1S/C18H26O5/c1-14(19)16(10-6-7-11-18(20)21)17(22-2)12-13-23-15-8-4-3-5-9-15/h3-5,8-9,16-17H,6-7,10-13H2,1-2H3,(H,20,21). The van der Waals surface area contributed by atoms with E-state index < -0.39 is 5.97 Å². The number of rotatable bonds is 12. The van der Waals surface area contributed by atoms with Crippen molar-refractivity contribution >= 4 is 11.8 Å². The van der Waals surface area contributed by atoms with Gasteiger partial charge in [-0.2, -0.15) is 0 Å². The van der Waals surface area contributed by atoms with E-state index in [9.17, 15) is 9.59 Å². The van der Waals surface area contributed by atoms with Crippen molar-refractivity contribution in [2.75, 3.05) is 13.7 Å². The number of carbonyl (C=O) groups is 2. The molecule has 1 rings (SSSR count). The van der Waals surface area contributed by atoms with E-state index in [-0.39, 0.29) is 24.2 Å². The molecule has 2 atom stereocenters. The summed E-state index contributed by atoms with van der Waals surface area (Å²) in [7, 11) is 1.60. The smallest absolute Gasteiger partial charge is 0.303 e. The summed E-state index contributed by atoms with van der Waals surface area (Å²) in [5.41, 5.74) is 0. The second kappa shape index (κ2) is 10.8. The van der Waals surface area contributed by atoms with Gasteiger partial charge in [0.15, 0.2) is 0 Å². The number of unbranched alkanes of at least 4 members (excludes halogenated alkanes) is 1. The van der Waals surface area contributed by atoms with Gasteiger partial charge in [-0.1, -0.05) is 24.6 Å². The highest BCUT2D eigenvalue weighted by atomic mass is 16.5. The van der Waals surface area contributed by atoms with Gasteiger partial charge in [0.1, 0.15) is 11.5 Å². The predicted molar refractivity (Wildman–Crippen MR) is 87.6 cm³/mol. The molecule has 0 bridgehead atoms. The van der Waals surface area contributed by atoms with Gasteiger partial charge in [-0.05, 0) is 31.9 Å². The Morgan fingerprint density at radius 2 is 1.83 bits per heavy atom. The van der Waals surface area contributed by atoms with Crippen LogP contribution in [0.15, 0.2) is 30.3 Å². The van der Waals surface area contributed by atoms with E-state index in [0.29, 0.717) is 32.3 Å². The molecule has 0 aromatic heterocycles. The van der Waals surface area contributed by atoms with Crippen LogP contribution in [0.5, 0.6) is 5.75 Å². The lowest BCUT2D eigenvalue weighted by molar-refractivity contribution is -0.137. The summed E-state index contributed by atoms with van der Waals surface area (Å²) in [4.78, 5) is 22.4. The summed E-state index contributed by atoms with van der Waals surface area (Å²) in [5, 5.41) is 8.66. The molecule has 2 unspecified atom stereocenters. The van der Waals surface area contributed by atoms with Crippen LogP contribution in [-0.4, -0.2) is 36.7 Å². The Hall–Kier alpha value is -1.88. The van der Waals surface area contributed by atoms with E-state index >= 15 is 0 Å². The zero-order valence-corrected chi connectivity index (χ0v) is 13.9. The second-order valence-electron chi connectivity index (χ2n) is 5.58. The highest BCUT2D eigenvalue weighted by Gasteiger charge is 2.25. The third kappa shape index (κ3) is 7.79. The maximum atomic E-state index is 11.9. The van der Waals surface area contributed by atoms with Crippen molar-refractivity contribution in [3.8, 4) is 5.75 Å². The number of ketones is 1. The van der Waals surface area contributed by atoms with Crippen molar-refractivity contribution in [3.05, 3.63) is 30.3 Å². The average Bonchev–Trinajstić information content (AvgIpc) is 2.53. The van der Waals surface area contributed by atoms with Crippen LogP contribution in [0.25, 0.3) is 0 Å². The number of aliphatic carboxylic acids is 1. The Morgan fingerprint density at radius 3 is 2.39 bits per heavy atom. The molecule has 1 aromatic carbocycles. The molecule has 0 saturated heterocycles. The van der Waals surface area contributed by atoms with Crippen molar-refractivity contribution in [2.24, 2.45) is 5.92 Å². The van der Waals surface area contributed by atoms with Crippen molar-refractivity contribution in [1.82, 2.24) is 0 Å². The van der Waals surface area contributed by atoms with E-state index in [4.69, 9.17) is 14.6 Å². The number of Topliss-reactive ketones (excluding diaryl/α,β-unsaturated/α-hetero) is 1. The average molecular weight is 322 g/mol. The summed E-state index contributed by atoms with van der Waals surface area (Å²) < 4.78 is 11.1. The van der Waals surface area contributed by atoms with Crippen molar-refractivity contribution in [1.29, 1.82) is 0 Å². The van der Waals surface area contributed by atoms with Gasteiger partial charge in [0.2, 0.25) is 0 Å². The number of benzene rings is 1. The quantitative estimate of drug-likeness (QED) is 0.598. The van der Waals surface area contributed by atoms with Crippen LogP contribution in [-0.2, 0) is 14.3 Å². The maximum Gasteiger partial charge on any atom is 0.303 e. The molecule has 1 N–H and O–H groups in total. The van der Waals surface area contributed by atoms with Crippen LogP contribution >= 0.6 is 0 Å². The first-order valence-corrected chi connectivity index (χ1v) is 7.97. The fourth-order valence-electron chi connectivity index (χ4n) is 2.58. The molecule has 0 aliphatic heterocycles. The maximum absolute atomic E-state index is 11.9. The highest BCUT2D eigenvalue weighted by molar-refractivity contribution is 5.78. The Labute approximate surface area is 137 Å². The minimum atomic E-state index is -0.802. The molecule has 0 radical (unpaired) electrons. The molecule has 5 heteroatoms. The summed E-state index contributed by atoms with van der Waals surface area (Å²) in [6.45, 7) is 2.04. The minimum absolute atomic E-state index is 0.0758. The van der Waals surface area contributed by atoms with E-state index in [1.165, 1.54) is 0 Å². The lowest BCUT2D eigenvalue weighted by Gasteiger charge is -2.24. The molecule has 0 fully saturated rings. The number of carbonyl (C=O) groups excluding carboxylic acids is 1. The second-order valence-corrected chi connectivity index (χ2v) is 5.58. The molecule has 128 valence electrons. The fraction of sp³-hybridized carbons (Fsp3) is 0.556. The third-order valence-electron chi connectivity index (χ3n) is 3.84. The van der Waals surface area contributed by atoms with Gasteiger partial charge in [-0.3, -0.25) is 9.59 Å². The Bertz CT molecular complexity index is 472. The summed E-state index contributed by atoms with van der Waals surface area (Å²) >= 11 is 0. The Kier molecular flexibility index (Phi) is 8.98.